The van der Waals surface area contributed by atoms with Crippen molar-refractivity contribution in [3.05, 3.63) is 29.3 Å². The van der Waals surface area contributed by atoms with Crippen LogP contribution >= 0.6 is 0 Å². The van der Waals surface area contributed by atoms with Gasteiger partial charge in [0.15, 0.2) is 0 Å². The molecular formula is C21H30N2O3S. The molecule has 2 saturated carbocycles. The zero-order valence-corrected chi connectivity index (χ0v) is 17.2. The number of benzene rings is 1. The Labute approximate surface area is 162 Å². The second kappa shape index (κ2) is 6.89. The van der Waals surface area contributed by atoms with Gasteiger partial charge >= 0.3 is 0 Å². The number of sulfonamides is 1. The number of carbonyl (C=O) groups is 1. The minimum Gasteiger partial charge on any atom is -0.339 e. The highest BCUT2D eigenvalue weighted by molar-refractivity contribution is 7.89. The van der Waals surface area contributed by atoms with E-state index in [1.165, 1.54) is 12.8 Å². The molecule has 0 aromatic heterocycles. The Morgan fingerprint density at radius 1 is 1.11 bits per heavy atom. The summed E-state index contributed by atoms with van der Waals surface area (Å²) >= 11 is 0. The minimum absolute atomic E-state index is 0.0115. The van der Waals surface area contributed by atoms with Crippen LogP contribution in [0.25, 0.3) is 0 Å². The van der Waals surface area contributed by atoms with E-state index in [0.29, 0.717) is 17.4 Å². The van der Waals surface area contributed by atoms with Gasteiger partial charge in [0.1, 0.15) is 0 Å². The second-order valence-electron chi connectivity index (χ2n) is 8.78. The summed E-state index contributed by atoms with van der Waals surface area (Å²) in [5.41, 5.74) is 1.37. The van der Waals surface area contributed by atoms with E-state index in [-0.39, 0.29) is 12.5 Å². The molecule has 3 fully saturated rings. The first-order valence-corrected chi connectivity index (χ1v) is 11.6. The van der Waals surface area contributed by atoms with E-state index in [2.05, 4.69) is 0 Å². The van der Waals surface area contributed by atoms with Gasteiger partial charge in [-0.05, 0) is 57.1 Å². The fourth-order valence-electron chi connectivity index (χ4n) is 4.86. The van der Waals surface area contributed by atoms with Crippen molar-refractivity contribution in [3.63, 3.8) is 0 Å². The molecule has 1 spiro atoms. The van der Waals surface area contributed by atoms with Crippen LogP contribution in [0.5, 0.6) is 0 Å². The molecule has 148 valence electrons. The third-order valence-corrected chi connectivity index (χ3v) is 8.61. The molecule has 1 heterocycles. The van der Waals surface area contributed by atoms with Crippen LogP contribution in [0, 0.1) is 19.8 Å². The number of aryl methyl sites for hydroxylation is 2. The maximum atomic E-state index is 13.6. The normalized spacial score (nSPS) is 23.8. The van der Waals surface area contributed by atoms with Crippen LogP contribution < -0.4 is 0 Å². The molecule has 4 rings (SSSR count). The SMILES string of the molecule is Cc1ccc(S(=O)(=O)N2CC(=O)N(CC3CC3)CC23CCCCC3)c(C)c1. The van der Waals surface area contributed by atoms with Crippen LogP contribution in [0.3, 0.4) is 0 Å². The third-order valence-electron chi connectivity index (χ3n) is 6.50. The van der Waals surface area contributed by atoms with Crippen molar-refractivity contribution >= 4 is 15.9 Å². The minimum atomic E-state index is -3.70. The van der Waals surface area contributed by atoms with E-state index in [9.17, 15) is 13.2 Å². The predicted molar refractivity (Wildman–Crippen MR) is 105 cm³/mol. The van der Waals surface area contributed by atoms with Crippen molar-refractivity contribution in [2.45, 2.75) is 69.2 Å². The van der Waals surface area contributed by atoms with Gasteiger partial charge in [-0.3, -0.25) is 4.79 Å². The quantitative estimate of drug-likeness (QED) is 0.793. The Balaban J connectivity index is 1.71. The molecular weight excluding hydrogens is 360 g/mol. The molecule has 0 bridgehead atoms. The fourth-order valence-corrected chi connectivity index (χ4v) is 6.83. The molecule has 2 aliphatic carbocycles. The monoisotopic (exact) mass is 390 g/mol. The van der Waals surface area contributed by atoms with Crippen molar-refractivity contribution in [1.29, 1.82) is 0 Å². The molecule has 3 aliphatic rings. The number of piperazine rings is 1. The summed E-state index contributed by atoms with van der Waals surface area (Å²) < 4.78 is 28.8. The van der Waals surface area contributed by atoms with Gasteiger partial charge in [0, 0.05) is 13.1 Å². The number of nitrogens with zero attached hydrogens (tertiary/aromatic N) is 2. The number of hydrogen-bond acceptors (Lipinski definition) is 3. The van der Waals surface area contributed by atoms with Crippen LogP contribution in [0.15, 0.2) is 23.1 Å². The van der Waals surface area contributed by atoms with Crippen molar-refractivity contribution in [1.82, 2.24) is 9.21 Å². The van der Waals surface area contributed by atoms with E-state index in [0.717, 1.165) is 49.8 Å². The molecule has 0 radical (unpaired) electrons. The maximum Gasteiger partial charge on any atom is 0.244 e. The topological polar surface area (TPSA) is 57.7 Å². The molecule has 1 aromatic carbocycles. The van der Waals surface area contributed by atoms with Gasteiger partial charge in [-0.15, -0.1) is 0 Å². The number of amides is 1. The molecule has 1 aliphatic heterocycles. The number of hydrogen-bond donors (Lipinski definition) is 0. The summed E-state index contributed by atoms with van der Waals surface area (Å²) in [5.74, 6) is 0.587. The Morgan fingerprint density at radius 3 is 2.44 bits per heavy atom. The lowest BCUT2D eigenvalue weighted by atomic mass is 9.80. The lowest BCUT2D eigenvalue weighted by Gasteiger charge is -2.51. The molecule has 0 N–H and O–H groups in total. The third kappa shape index (κ3) is 3.54. The summed E-state index contributed by atoms with van der Waals surface area (Å²) in [6, 6.07) is 5.46. The van der Waals surface area contributed by atoms with Gasteiger partial charge in [0.2, 0.25) is 15.9 Å². The van der Waals surface area contributed by atoms with Crippen LogP contribution in [-0.4, -0.2) is 48.7 Å². The van der Waals surface area contributed by atoms with Gasteiger partial charge < -0.3 is 4.90 Å². The zero-order chi connectivity index (χ0) is 19.2. The van der Waals surface area contributed by atoms with E-state index >= 15 is 0 Å². The molecule has 1 amide bonds. The first-order chi connectivity index (χ1) is 12.8. The lowest BCUT2D eigenvalue weighted by Crippen LogP contribution is -2.66. The predicted octanol–water partition coefficient (Wildman–Crippen LogP) is 3.25. The van der Waals surface area contributed by atoms with Crippen molar-refractivity contribution in [3.8, 4) is 0 Å². The van der Waals surface area contributed by atoms with E-state index in [4.69, 9.17) is 0 Å². The number of carbonyl (C=O) groups excluding carboxylic acids is 1. The van der Waals surface area contributed by atoms with Gasteiger partial charge in [0.25, 0.3) is 0 Å². The summed E-state index contributed by atoms with van der Waals surface area (Å²) in [6.07, 6.45) is 7.31. The Kier molecular flexibility index (Phi) is 4.83. The smallest absolute Gasteiger partial charge is 0.244 e. The van der Waals surface area contributed by atoms with Crippen LogP contribution in [-0.2, 0) is 14.8 Å². The highest BCUT2D eigenvalue weighted by atomic mass is 32.2. The molecule has 27 heavy (non-hydrogen) atoms. The van der Waals surface area contributed by atoms with Crippen molar-refractivity contribution in [2.75, 3.05) is 19.6 Å². The van der Waals surface area contributed by atoms with E-state index < -0.39 is 15.6 Å². The highest BCUT2D eigenvalue weighted by Crippen LogP contribution is 2.41. The average molecular weight is 391 g/mol. The molecule has 1 aromatic rings. The fraction of sp³-hybridized carbons (Fsp3) is 0.667. The zero-order valence-electron chi connectivity index (χ0n) is 16.4. The molecule has 0 unspecified atom stereocenters. The van der Waals surface area contributed by atoms with Crippen molar-refractivity contribution < 1.29 is 13.2 Å². The van der Waals surface area contributed by atoms with Gasteiger partial charge in [-0.1, -0.05) is 37.0 Å². The standard InChI is InChI=1S/C21H30N2O3S/c1-16-6-9-19(17(2)12-16)27(25,26)23-14-20(24)22(13-18-7-8-18)15-21(23)10-4-3-5-11-21/h6,9,12,18H,3-5,7-8,10-11,13-15H2,1-2H3. The highest BCUT2D eigenvalue weighted by Gasteiger charge is 2.51. The molecule has 5 nitrogen and oxygen atoms in total. The first-order valence-electron chi connectivity index (χ1n) is 10.2. The van der Waals surface area contributed by atoms with Gasteiger partial charge in [-0.2, -0.15) is 4.31 Å². The second-order valence-corrected chi connectivity index (χ2v) is 10.6. The van der Waals surface area contributed by atoms with E-state index in [1.807, 2.05) is 30.9 Å². The lowest BCUT2D eigenvalue weighted by molar-refractivity contribution is -0.140. The van der Waals surface area contributed by atoms with Gasteiger partial charge in [-0.25, -0.2) is 8.42 Å². The Bertz CT molecular complexity index is 839. The van der Waals surface area contributed by atoms with Crippen LogP contribution in [0.1, 0.15) is 56.1 Å². The molecule has 1 saturated heterocycles. The van der Waals surface area contributed by atoms with Crippen LogP contribution in [0.4, 0.5) is 0 Å². The van der Waals surface area contributed by atoms with E-state index in [1.54, 1.807) is 10.4 Å². The Hall–Kier alpha value is -1.40. The van der Waals surface area contributed by atoms with Gasteiger partial charge in [0.05, 0.1) is 17.0 Å². The largest absolute Gasteiger partial charge is 0.339 e. The maximum absolute atomic E-state index is 13.6. The summed E-state index contributed by atoms with van der Waals surface area (Å²) in [4.78, 5) is 15.1. The molecule has 6 heteroatoms. The number of rotatable bonds is 4. The summed E-state index contributed by atoms with van der Waals surface area (Å²) in [5, 5.41) is 0. The summed E-state index contributed by atoms with van der Waals surface area (Å²) in [7, 11) is -3.70. The summed E-state index contributed by atoms with van der Waals surface area (Å²) in [6.45, 7) is 5.16. The van der Waals surface area contributed by atoms with Crippen LogP contribution in [0.2, 0.25) is 0 Å². The average Bonchev–Trinajstić information content (AvgIpc) is 3.42. The first kappa shape index (κ1) is 18.9. The molecule has 0 atom stereocenters. The Morgan fingerprint density at radius 2 is 1.81 bits per heavy atom. The van der Waals surface area contributed by atoms with Crippen molar-refractivity contribution in [2.24, 2.45) is 5.92 Å².